The number of hydrogen-bond donors (Lipinski definition) is 0. The van der Waals surface area contributed by atoms with Gasteiger partial charge in [-0.2, -0.15) is 22.0 Å². The fourth-order valence-corrected chi connectivity index (χ4v) is 3.69. The van der Waals surface area contributed by atoms with Gasteiger partial charge in [-0.25, -0.2) is 0 Å². The van der Waals surface area contributed by atoms with Crippen LogP contribution in [0.4, 0.5) is 22.0 Å². The Morgan fingerprint density at radius 1 is 1.03 bits per heavy atom. The molecule has 10 heteroatoms. The number of esters is 1. The molecule has 1 saturated carbocycles. The second kappa shape index (κ2) is 9.92. The summed E-state index contributed by atoms with van der Waals surface area (Å²) in [7, 11) is 0. The van der Waals surface area contributed by atoms with Crippen molar-refractivity contribution in [1.29, 1.82) is 0 Å². The van der Waals surface area contributed by atoms with Crippen molar-refractivity contribution in [2.75, 3.05) is 6.61 Å². The topological polar surface area (TPSA) is 44.8 Å². The SMILES string of the molecule is CC1(C)C(C=C(Cl)C(F)(F)OCC(F)(F)F)C1C(=O)OCc1cccc(Oc2ccccc2)c1. The maximum atomic E-state index is 13.8. The standard InChI is InChI=1S/C24H22ClF5O4/c1-22(2)18(12-19(25)24(29,30)33-14-23(26,27)28)20(22)21(31)32-13-15-7-6-10-17(11-15)34-16-8-4-3-5-9-16/h3-12,18,20H,13-14H2,1-2H3. The first-order valence-corrected chi connectivity index (χ1v) is 10.6. The zero-order valence-electron chi connectivity index (χ0n) is 18.2. The molecule has 0 N–H and O–H groups in total. The maximum absolute atomic E-state index is 13.8. The summed E-state index contributed by atoms with van der Waals surface area (Å²) < 4.78 is 78.9. The van der Waals surface area contributed by atoms with Gasteiger partial charge in [0.15, 0.2) is 0 Å². The molecule has 0 saturated heterocycles. The zero-order chi connectivity index (χ0) is 25.1. The first-order valence-electron chi connectivity index (χ1n) is 10.2. The molecule has 1 aliphatic carbocycles. The lowest BCUT2D eigenvalue weighted by atomic mass is 10.1. The number of ether oxygens (including phenoxy) is 3. The van der Waals surface area contributed by atoms with E-state index in [0.717, 1.165) is 6.08 Å². The summed E-state index contributed by atoms with van der Waals surface area (Å²) in [5.74, 6) is -0.993. The van der Waals surface area contributed by atoms with Gasteiger partial charge in [-0.05, 0) is 41.2 Å². The lowest BCUT2D eigenvalue weighted by Gasteiger charge is -2.17. The summed E-state index contributed by atoms with van der Waals surface area (Å²) in [5.41, 5.74) is -0.118. The molecule has 0 radical (unpaired) electrons. The molecule has 2 atom stereocenters. The smallest absolute Gasteiger partial charge is 0.412 e. The number of rotatable bonds is 9. The minimum atomic E-state index is -4.94. The number of hydrogen-bond acceptors (Lipinski definition) is 4. The first-order chi connectivity index (χ1) is 15.8. The molecule has 4 nitrogen and oxygen atoms in total. The van der Waals surface area contributed by atoms with Crippen molar-refractivity contribution >= 4 is 17.6 Å². The van der Waals surface area contributed by atoms with Crippen LogP contribution in [0.3, 0.4) is 0 Å². The van der Waals surface area contributed by atoms with E-state index in [2.05, 4.69) is 4.74 Å². The predicted octanol–water partition coefficient (Wildman–Crippen LogP) is 7.09. The average molecular weight is 505 g/mol. The van der Waals surface area contributed by atoms with Gasteiger partial charge in [0.1, 0.15) is 29.7 Å². The fraction of sp³-hybridized carbons (Fsp3) is 0.375. The highest BCUT2D eigenvalue weighted by molar-refractivity contribution is 6.30. The molecular weight excluding hydrogens is 483 g/mol. The Morgan fingerprint density at radius 3 is 2.32 bits per heavy atom. The molecule has 184 valence electrons. The Kier molecular flexibility index (Phi) is 7.57. The third kappa shape index (κ3) is 6.70. The molecule has 1 fully saturated rings. The molecule has 2 aromatic carbocycles. The van der Waals surface area contributed by atoms with Crippen molar-refractivity contribution in [3.05, 3.63) is 71.3 Å². The molecule has 34 heavy (non-hydrogen) atoms. The summed E-state index contributed by atoms with van der Waals surface area (Å²) in [6, 6.07) is 16.0. The maximum Gasteiger partial charge on any atom is 0.412 e. The van der Waals surface area contributed by atoms with Crippen LogP contribution in [0.5, 0.6) is 11.5 Å². The Labute approximate surface area is 198 Å². The third-order valence-corrected chi connectivity index (χ3v) is 5.79. The van der Waals surface area contributed by atoms with E-state index < -0.39 is 47.1 Å². The highest BCUT2D eigenvalue weighted by Crippen LogP contribution is 2.60. The molecule has 1 aliphatic rings. The Balaban J connectivity index is 1.59. The fourth-order valence-electron chi connectivity index (χ4n) is 3.50. The van der Waals surface area contributed by atoms with Crippen LogP contribution in [0, 0.1) is 17.3 Å². The average Bonchev–Trinajstić information content (AvgIpc) is 3.31. The zero-order valence-corrected chi connectivity index (χ0v) is 19.0. The molecule has 2 unspecified atom stereocenters. The van der Waals surface area contributed by atoms with Crippen molar-refractivity contribution in [3.8, 4) is 11.5 Å². The number of allylic oxidation sites excluding steroid dienone is 1. The van der Waals surface area contributed by atoms with Crippen molar-refractivity contribution in [2.45, 2.75) is 32.7 Å². The largest absolute Gasteiger partial charge is 0.461 e. The van der Waals surface area contributed by atoms with Crippen LogP contribution >= 0.6 is 11.6 Å². The summed E-state index contributed by atoms with van der Waals surface area (Å²) in [5, 5.41) is -1.21. The van der Waals surface area contributed by atoms with E-state index in [4.69, 9.17) is 21.1 Å². The molecule has 0 spiro atoms. The Morgan fingerprint density at radius 2 is 1.68 bits per heavy atom. The second-order valence-corrected chi connectivity index (χ2v) is 8.84. The number of carbonyl (C=O) groups is 1. The summed E-state index contributed by atoms with van der Waals surface area (Å²) in [4.78, 5) is 12.6. The van der Waals surface area contributed by atoms with Gasteiger partial charge in [-0.3, -0.25) is 4.79 Å². The van der Waals surface area contributed by atoms with Gasteiger partial charge in [0.25, 0.3) is 0 Å². The van der Waals surface area contributed by atoms with E-state index in [9.17, 15) is 26.7 Å². The van der Waals surface area contributed by atoms with Gasteiger partial charge < -0.3 is 14.2 Å². The number of halogens is 6. The van der Waals surface area contributed by atoms with Crippen molar-refractivity contribution < 1.29 is 41.0 Å². The van der Waals surface area contributed by atoms with Gasteiger partial charge >= 0.3 is 18.3 Å². The lowest BCUT2D eigenvalue weighted by molar-refractivity contribution is -0.267. The van der Waals surface area contributed by atoms with Crippen LogP contribution in [0.2, 0.25) is 0 Å². The van der Waals surface area contributed by atoms with Gasteiger partial charge in [0, 0.05) is 0 Å². The highest BCUT2D eigenvalue weighted by Gasteiger charge is 2.62. The summed E-state index contributed by atoms with van der Waals surface area (Å²) in [6.45, 7) is 1.06. The normalized spacial score (nSPS) is 20.1. The lowest BCUT2D eigenvalue weighted by Crippen LogP contribution is -2.28. The van der Waals surface area contributed by atoms with Gasteiger partial charge in [-0.15, -0.1) is 0 Å². The van der Waals surface area contributed by atoms with Gasteiger partial charge in [0.05, 0.1) is 5.92 Å². The summed E-state index contributed by atoms with van der Waals surface area (Å²) in [6.07, 6.45) is -8.41. The number of alkyl halides is 5. The predicted molar refractivity (Wildman–Crippen MR) is 114 cm³/mol. The van der Waals surface area contributed by atoms with Crippen molar-refractivity contribution in [2.24, 2.45) is 17.3 Å². The van der Waals surface area contributed by atoms with Crippen LogP contribution in [0.15, 0.2) is 65.7 Å². The van der Waals surface area contributed by atoms with Crippen molar-refractivity contribution in [1.82, 2.24) is 0 Å². The number of carbonyl (C=O) groups excluding carboxylic acids is 1. The van der Waals surface area contributed by atoms with E-state index in [-0.39, 0.29) is 6.61 Å². The monoisotopic (exact) mass is 504 g/mol. The van der Waals surface area contributed by atoms with E-state index in [0.29, 0.717) is 17.1 Å². The van der Waals surface area contributed by atoms with Crippen LogP contribution in [-0.4, -0.2) is 24.9 Å². The van der Waals surface area contributed by atoms with E-state index in [1.165, 1.54) is 0 Å². The van der Waals surface area contributed by atoms with Crippen LogP contribution in [0.25, 0.3) is 0 Å². The Hall–Kier alpha value is -2.65. The van der Waals surface area contributed by atoms with Crippen LogP contribution in [0.1, 0.15) is 19.4 Å². The van der Waals surface area contributed by atoms with Gasteiger partial charge in [0.2, 0.25) is 0 Å². The molecular formula is C24H22ClF5O4. The third-order valence-electron chi connectivity index (χ3n) is 5.44. The molecule has 3 rings (SSSR count). The number of para-hydroxylation sites is 1. The number of benzene rings is 2. The molecule has 0 amide bonds. The highest BCUT2D eigenvalue weighted by atomic mass is 35.5. The van der Waals surface area contributed by atoms with E-state index in [1.807, 2.05) is 18.2 Å². The summed E-state index contributed by atoms with van der Waals surface area (Å²) >= 11 is 5.54. The molecule has 2 aromatic rings. The van der Waals surface area contributed by atoms with Crippen LogP contribution < -0.4 is 4.74 Å². The van der Waals surface area contributed by atoms with E-state index >= 15 is 0 Å². The first kappa shape index (κ1) is 26.0. The quantitative estimate of drug-likeness (QED) is 0.270. The molecule has 0 aliphatic heterocycles. The minimum Gasteiger partial charge on any atom is -0.461 e. The van der Waals surface area contributed by atoms with Crippen molar-refractivity contribution in [3.63, 3.8) is 0 Å². The minimum absolute atomic E-state index is 0.0770. The molecule has 0 aromatic heterocycles. The molecule has 0 heterocycles. The van der Waals surface area contributed by atoms with E-state index in [1.54, 1.807) is 50.2 Å². The second-order valence-electron chi connectivity index (χ2n) is 8.43. The van der Waals surface area contributed by atoms with Gasteiger partial charge in [-0.1, -0.05) is 61.9 Å². The Bertz CT molecular complexity index is 1040. The molecule has 0 bridgehead atoms. The van der Waals surface area contributed by atoms with Crippen LogP contribution in [-0.2, 0) is 20.9 Å².